The quantitative estimate of drug-likeness (QED) is 0.458. The van der Waals surface area contributed by atoms with Crippen LogP contribution in [-0.2, 0) is 14.2 Å². The number of hydrogen-bond acceptors (Lipinski definition) is 4. The van der Waals surface area contributed by atoms with Crippen LogP contribution in [0.5, 0.6) is 0 Å². The molecular formula is C11H24N2O3S. The normalized spacial score (nSPS) is 10.3. The minimum Gasteiger partial charge on any atom is -0.385 e. The average molecular weight is 264 g/mol. The number of nitrogens with one attached hydrogen (secondary N) is 1. The van der Waals surface area contributed by atoms with Gasteiger partial charge in [-0.1, -0.05) is 0 Å². The molecular weight excluding hydrogens is 240 g/mol. The fraction of sp³-hybridized carbons (Fsp3) is 0.909. The second kappa shape index (κ2) is 12.0. The van der Waals surface area contributed by atoms with Gasteiger partial charge in [-0.3, -0.25) is 0 Å². The van der Waals surface area contributed by atoms with Crippen molar-refractivity contribution in [3.05, 3.63) is 0 Å². The van der Waals surface area contributed by atoms with Gasteiger partial charge in [0.05, 0.1) is 13.2 Å². The van der Waals surface area contributed by atoms with Gasteiger partial charge >= 0.3 is 0 Å². The Hall–Kier alpha value is -0.430. The van der Waals surface area contributed by atoms with Gasteiger partial charge in [0.1, 0.15) is 0 Å². The molecule has 0 aromatic heterocycles. The van der Waals surface area contributed by atoms with Crippen molar-refractivity contribution in [1.82, 2.24) is 10.2 Å². The molecule has 0 heterocycles. The Balaban J connectivity index is 3.85. The first-order valence-corrected chi connectivity index (χ1v) is 6.16. The van der Waals surface area contributed by atoms with E-state index in [1.165, 1.54) is 0 Å². The molecule has 0 unspecified atom stereocenters. The summed E-state index contributed by atoms with van der Waals surface area (Å²) in [5.41, 5.74) is 0. The maximum atomic E-state index is 5.31. The minimum absolute atomic E-state index is 0.656. The fourth-order valence-corrected chi connectivity index (χ4v) is 1.53. The van der Waals surface area contributed by atoms with Crippen LogP contribution in [0.4, 0.5) is 0 Å². The first-order chi connectivity index (χ1) is 8.26. The van der Waals surface area contributed by atoms with Crippen LogP contribution in [0.15, 0.2) is 0 Å². The molecule has 17 heavy (non-hydrogen) atoms. The largest absolute Gasteiger partial charge is 0.385 e. The van der Waals surface area contributed by atoms with Gasteiger partial charge in [-0.2, -0.15) is 0 Å². The van der Waals surface area contributed by atoms with E-state index in [0.29, 0.717) is 13.2 Å². The number of methoxy groups -OCH3 is 3. The van der Waals surface area contributed by atoms with Crippen molar-refractivity contribution < 1.29 is 14.2 Å². The van der Waals surface area contributed by atoms with Gasteiger partial charge in [-0.25, -0.2) is 0 Å². The predicted molar refractivity (Wildman–Crippen MR) is 72.4 cm³/mol. The number of hydrogen-bond donors (Lipinski definition) is 1. The first kappa shape index (κ1) is 16.6. The lowest BCUT2D eigenvalue weighted by Crippen LogP contribution is -2.43. The molecule has 0 fully saturated rings. The lowest BCUT2D eigenvalue weighted by atomic mass is 10.4. The summed E-state index contributed by atoms with van der Waals surface area (Å²) >= 11 is 5.31. The van der Waals surface area contributed by atoms with Crippen LogP contribution >= 0.6 is 12.2 Å². The van der Waals surface area contributed by atoms with Crippen LogP contribution in [0.2, 0.25) is 0 Å². The van der Waals surface area contributed by atoms with Crippen LogP contribution in [0, 0.1) is 0 Å². The van der Waals surface area contributed by atoms with Gasteiger partial charge in [-0.05, 0) is 18.6 Å². The maximum Gasteiger partial charge on any atom is 0.169 e. The molecule has 5 nitrogen and oxygen atoms in total. The van der Waals surface area contributed by atoms with Gasteiger partial charge in [0.2, 0.25) is 0 Å². The molecule has 0 aliphatic carbocycles. The Morgan fingerprint density at radius 2 is 1.53 bits per heavy atom. The second-order valence-electron chi connectivity index (χ2n) is 3.55. The van der Waals surface area contributed by atoms with E-state index in [9.17, 15) is 0 Å². The Bertz CT molecular complexity index is 186. The Labute approximate surface area is 109 Å². The number of ether oxygens (including phenoxy) is 3. The third-order valence-corrected chi connectivity index (χ3v) is 2.62. The van der Waals surface area contributed by atoms with Crippen molar-refractivity contribution in [2.24, 2.45) is 0 Å². The molecule has 1 N–H and O–H groups in total. The highest BCUT2D eigenvalue weighted by Crippen LogP contribution is 1.92. The van der Waals surface area contributed by atoms with Crippen molar-refractivity contribution in [1.29, 1.82) is 0 Å². The zero-order chi connectivity index (χ0) is 12.9. The summed E-state index contributed by atoms with van der Waals surface area (Å²) in [7, 11) is 5.06. The maximum absolute atomic E-state index is 5.31. The zero-order valence-electron chi connectivity index (χ0n) is 11.0. The molecule has 0 spiro atoms. The van der Waals surface area contributed by atoms with Crippen molar-refractivity contribution in [2.45, 2.75) is 6.42 Å². The smallest absolute Gasteiger partial charge is 0.169 e. The topological polar surface area (TPSA) is 43.0 Å². The summed E-state index contributed by atoms with van der Waals surface area (Å²) in [6.07, 6.45) is 0.943. The molecule has 0 aliphatic heterocycles. The standard InChI is InChI=1S/C11H24N2O3S/c1-14-8-4-5-12-11(17)13(6-9-15-2)7-10-16-3/h4-10H2,1-3H3,(H,12,17). The average Bonchev–Trinajstić information content (AvgIpc) is 2.34. The minimum atomic E-state index is 0.656. The molecule has 0 amide bonds. The highest BCUT2D eigenvalue weighted by atomic mass is 32.1. The number of thiocarbonyl (C=S) groups is 1. The van der Waals surface area contributed by atoms with Gasteiger partial charge in [0, 0.05) is 47.6 Å². The Kier molecular flexibility index (Phi) is 11.7. The molecule has 0 aromatic carbocycles. The van der Waals surface area contributed by atoms with Crippen molar-refractivity contribution in [3.8, 4) is 0 Å². The molecule has 0 saturated carbocycles. The Morgan fingerprint density at radius 3 is 2.00 bits per heavy atom. The summed E-state index contributed by atoms with van der Waals surface area (Å²) in [5, 5.41) is 3.95. The van der Waals surface area contributed by atoms with Gasteiger partial charge in [-0.15, -0.1) is 0 Å². The van der Waals surface area contributed by atoms with Gasteiger partial charge in [0.15, 0.2) is 5.11 Å². The van der Waals surface area contributed by atoms with Crippen molar-refractivity contribution >= 4 is 17.3 Å². The van der Waals surface area contributed by atoms with E-state index in [0.717, 1.165) is 37.8 Å². The Morgan fingerprint density at radius 1 is 1.00 bits per heavy atom. The summed E-state index contributed by atoms with van der Waals surface area (Å²) < 4.78 is 15.1. The molecule has 0 aliphatic rings. The molecule has 0 radical (unpaired) electrons. The molecule has 6 heteroatoms. The SMILES string of the molecule is COCCCNC(=S)N(CCOC)CCOC. The molecule has 0 atom stereocenters. The van der Waals surface area contributed by atoms with E-state index < -0.39 is 0 Å². The van der Waals surface area contributed by atoms with E-state index >= 15 is 0 Å². The summed E-state index contributed by atoms with van der Waals surface area (Å²) in [6.45, 7) is 4.42. The van der Waals surface area contributed by atoms with Crippen LogP contribution in [0.1, 0.15) is 6.42 Å². The lowest BCUT2D eigenvalue weighted by molar-refractivity contribution is 0.145. The second-order valence-corrected chi connectivity index (χ2v) is 3.94. The molecule has 0 aromatic rings. The molecule has 0 bridgehead atoms. The summed E-state index contributed by atoms with van der Waals surface area (Å²) in [6, 6.07) is 0. The van der Waals surface area contributed by atoms with Gasteiger partial charge < -0.3 is 24.4 Å². The highest BCUT2D eigenvalue weighted by molar-refractivity contribution is 7.80. The van der Waals surface area contributed by atoms with Crippen LogP contribution in [0.25, 0.3) is 0 Å². The number of nitrogens with zero attached hydrogens (tertiary/aromatic N) is 1. The molecule has 102 valence electrons. The molecule has 0 rings (SSSR count). The highest BCUT2D eigenvalue weighted by Gasteiger charge is 2.08. The van der Waals surface area contributed by atoms with Crippen molar-refractivity contribution in [3.63, 3.8) is 0 Å². The number of rotatable bonds is 10. The summed E-state index contributed by atoms with van der Waals surface area (Å²) in [4.78, 5) is 2.05. The van der Waals surface area contributed by atoms with E-state index in [1.54, 1.807) is 21.3 Å². The third kappa shape index (κ3) is 9.29. The predicted octanol–water partition coefficient (Wildman–Crippen LogP) is 0.492. The van der Waals surface area contributed by atoms with E-state index in [4.69, 9.17) is 26.4 Å². The van der Waals surface area contributed by atoms with Crippen LogP contribution in [0.3, 0.4) is 0 Å². The fourth-order valence-electron chi connectivity index (χ4n) is 1.24. The summed E-state index contributed by atoms with van der Waals surface area (Å²) in [5.74, 6) is 0. The van der Waals surface area contributed by atoms with Crippen LogP contribution < -0.4 is 5.32 Å². The lowest BCUT2D eigenvalue weighted by Gasteiger charge is -2.25. The zero-order valence-corrected chi connectivity index (χ0v) is 11.8. The van der Waals surface area contributed by atoms with E-state index in [1.807, 2.05) is 0 Å². The van der Waals surface area contributed by atoms with Crippen LogP contribution in [-0.4, -0.2) is 70.8 Å². The monoisotopic (exact) mass is 264 g/mol. The first-order valence-electron chi connectivity index (χ1n) is 5.75. The van der Waals surface area contributed by atoms with Crippen molar-refractivity contribution in [2.75, 3.05) is 60.8 Å². The van der Waals surface area contributed by atoms with E-state index in [-0.39, 0.29) is 0 Å². The van der Waals surface area contributed by atoms with E-state index in [2.05, 4.69) is 10.2 Å². The van der Waals surface area contributed by atoms with Gasteiger partial charge in [0.25, 0.3) is 0 Å². The molecule has 0 saturated heterocycles. The third-order valence-electron chi connectivity index (χ3n) is 2.22.